The first-order valence-corrected chi connectivity index (χ1v) is 8.70. The Labute approximate surface area is 143 Å². The molecule has 0 bridgehead atoms. The maximum atomic E-state index is 12.1. The van der Waals surface area contributed by atoms with Crippen molar-refractivity contribution in [3.8, 4) is 0 Å². The molecule has 1 aromatic heterocycles. The summed E-state index contributed by atoms with van der Waals surface area (Å²) in [5.74, 6) is -1.03. The molecule has 2 rings (SSSR count). The molecule has 0 saturated heterocycles. The second kappa shape index (κ2) is 7.14. The monoisotopic (exact) mass is 350 g/mol. The average Bonchev–Trinajstić information content (AvgIpc) is 2.87. The van der Waals surface area contributed by atoms with E-state index in [1.807, 2.05) is 31.2 Å². The molecule has 0 aliphatic carbocycles. The molecule has 0 radical (unpaired) electrons. The molecule has 0 aliphatic heterocycles. The van der Waals surface area contributed by atoms with Crippen LogP contribution in [0.5, 0.6) is 0 Å². The van der Waals surface area contributed by atoms with Crippen LogP contribution < -0.4 is 5.32 Å². The van der Waals surface area contributed by atoms with Crippen LogP contribution >= 0.6 is 23.1 Å². The third-order valence-corrected chi connectivity index (χ3v) is 5.32. The number of carboxylic acids is 1. The lowest BCUT2D eigenvalue weighted by Crippen LogP contribution is -2.26. The van der Waals surface area contributed by atoms with Crippen LogP contribution in [0.2, 0.25) is 0 Å². The van der Waals surface area contributed by atoms with Gasteiger partial charge in [0.15, 0.2) is 4.34 Å². The standard InChI is InChI=1S/C16H18N2O3S2/c1-10-6-4-5-7-12(10)18-13(19)8-11-9-22-15(17-11)23-16(2,3)14(20)21/h4-7,9H,8H2,1-3H3,(H,18,19)(H,20,21). The van der Waals surface area contributed by atoms with Gasteiger partial charge in [0.2, 0.25) is 5.91 Å². The zero-order valence-corrected chi connectivity index (χ0v) is 14.8. The highest BCUT2D eigenvalue weighted by Crippen LogP contribution is 2.34. The summed E-state index contributed by atoms with van der Waals surface area (Å²) in [6, 6.07) is 7.57. The molecular formula is C16H18N2O3S2. The number of carbonyl (C=O) groups is 2. The van der Waals surface area contributed by atoms with Crippen LogP contribution in [0.25, 0.3) is 0 Å². The van der Waals surface area contributed by atoms with E-state index in [4.69, 9.17) is 5.11 Å². The van der Waals surface area contributed by atoms with E-state index in [-0.39, 0.29) is 12.3 Å². The Kier molecular flexibility index (Phi) is 5.43. The quantitative estimate of drug-likeness (QED) is 0.778. The SMILES string of the molecule is Cc1ccccc1NC(=O)Cc1csc(SC(C)(C)C(=O)O)n1. The molecule has 0 saturated carbocycles. The molecular weight excluding hydrogens is 332 g/mol. The van der Waals surface area contributed by atoms with Gasteiger partial charge in [0, 0.05) is 11.1 Å². The second-order valence-electron chi connectivity index (χ2n) is 5.56. The van der Waals surface area contributed by atoms with Crippen molar-refractivity contribution in [1.29, 1.82) is 0 Å². The molecule has 1 heterocycles. The molecule has 0 atom stereocenters. The minimum absolute atomic E-state index is 0.140. The fourth-order valence-corrected chi connectivity index (χ4v) is 3.94. The fraction of sp³-hybridized carbons (Fsp3) is 0.312. The Balaban J connectivity index is 1.98. The average molecular weight is 350 g/mol. The molecule has 2 aromatic rings. The summed E-state index contributed by atoms with van der Waals surface area (Å²) in [6.07, 6.45) is 0.166. The van der Waals surface area contributed by atoms with Crippen LogP contribution in [-0.4, -0.2) is 26.7 Å². The van der Waals surface area contributed by atoms with E-state index in [0.29, 0.717) is 10.0 Å². The number of rotatable bonds is 6. The van der Waals surface area contributed by atoms with E-state index in [1.54, 1.807) is 19.2 Å². The summed E-state index contributed by atoms with van der Waals surface area (Å²) in [5, 5.41) is 13.8. The molecule has 1 amide bonds. The van der Waals surface area contributed by atoms with Crippen molar-refractivity contribution in [3.63, 3.8) is 0 Å². The summed E-state index contributed by atoms with van der Waals surface area (Å²) < 4.78 is -0.297. The van der Waals surface area contributed by atoms with Crippen molar-refractivity contribution in [1.82, 2.24) is 4.98 Å². The van der Waals surface area contributed by atoms with Gasteiger partial charge < -0.3 is 10.4 Å². The number of nitrogens with one attached hydrogen (secondary N) is 1. The van der Waals surface area contributed by atoms with E-state index in [0.717, 1.165) is 11.3 Å². The highest BCUT2D eigenvalue weighted by atomic mass is 32.2. The van der Waals surface area contributed by atoms with Crippen molar-refractivity contribution in [3.05, 3.63) is 40.9 Å². The molecule has 0 unspecified atom stereocenters. The highest BCUT2D eigenvalue weighted by Gasteiger charge is 2.29. The summed E-state index contributed by atoms with van der Waals surface area (Å²) in [6.45, 7) is 5.19. The maximum Gasteiger partial charge on any atom is 0.319 e. The predicted molar refractivity (Wildman–Crippen MR) is 93.2 cm³/mol. The number of amides is 1. The van der Waals surface area contributed by atoms with Gasteiger partial charge in [0.05, 0.1) is 12.1 Å². The number of benzene rings is 1. The first kappa shape index (κ1) is 17.5. The van der Waals surface area contributed by atoms with Crippen molar-refractivity contribution in [2.75, 3.05) is 5.32 Å². The third kappa shape index (κ3) is 4.80. The van der Waals surface area contributed by atoms with Crippen molar-refractivity contribution in [2.45, 2.75) is 36.3 Å². The van der Waals surface area contributed by atoms with E-state index in [9.17, 15) is 9.59 Å². The van der Waals surface area contributed by atoms with Crippen molar-refractivity contribution in [2.24, 2.45) is 0 Å². The van der Waals surface area contributed by atoms with Crippen LogP contribution in [-0.2, 0) is 16.0 Å². The summed E-state index contributed by atoms with van der Waals surface area (Å²) in [4.78, 5) is 27.6. The minimum Gasteiger partial charge on any atom is -0.480 e. The molecule has 2 N–H and O–H groups in total. The Morgan fingerprint density at radius 1 is 1.35 bits per heavy atom. The Morgan fingerprint density at radius 2 is 2.04 bits per heavy atom. The lowest BCUT2D eigenvalue weighted by molar-refractivity contribution is -0.138. The molecule has 23 heavy (non-hydrogen) atoms. The van der Waals surface area contributed by atoms with E-state index in [2.05, 4.69) is 10.3 Å². The topological polar surface area (TPSA) is 79.3 Å². The number of aliphatic carboxylic acids is 1. The minimum atomic E-state index is -0.946. The second-order valence-corrected chi connectivity index (χ2v) is 8.29. The van der Waals surface area contributed by atoms with Gasteiger partial charge in [-0.3, -0.25) is 9.59 Å². The summed E-state index contributed by atoms with van der Waals surface area (Å²) >= 11 is 2.54. The Hall–Kier alpha value is -1.86. The normalized spacial score (nSPS) is 11.3. The number of carboxylic acid groups (broad SMARTS) is 1. The van der Waals surface area contributed by atoms with E-state index >= 15 is 0 Å². The van der Waals surface area contributed by atoms with Gasteiger partial charge in [0.1, 0.15) is 4.75 Å². The number of aryl methyl sites for hydroxylation is 1. The van der Waals surface area contributed by atoms with E-state index in [1.165, 1.54) is 23.1 Å². The van der Waals surface area contributed by atoms with Gasteiger partial charge in [-0.05, 0) is 32.4 Å². The zero-order valence-electron chi connectivity index (χ0n) is 13.1. The van der Waals surface area contributed by atoms with Crippen LogP contribution in [0, 0.1) is 6.92 Å². The van der Waals surface area contributed by atoms with Gasteiger partial charge in [-0.25, -0.2) is 4.98 Å². The van der Waals surface area contributed by atoms with Gasteiger partial charge in [-0.15, -0.1) is 11.3 Å². The first-order valence-electron chi connectivity index (χ1n) is 7.00. The largest absolute Gasteiger partial charge is 0.480 e. The van der Waals surface area contributed by atoms with Crippen molar-refractivity contribution >= 4 is 40.7 Å². The number of aromatic nitrogens is 1. The smallest absolute Gasteiger partial charge is 0.319 e. The number of thioether (sulfide) groups is 1. The number of hydrogen-bond acceptors (Lipinski definition) is 5. The van der Waals surface area contributed by atoms with Crippen LogP contribution in [0.15, 0.2) is 34.0 Å². The lowest BCUT2D eigenvalue weighted by atomic mass is 10.2. The molecule has 0 fully saturated rings. The summed E-state index contributed by atoms with van der Waals surface area (Å²) in [5.41, 5.74) is 2.43. The lowest BCUT2D eigenvalue weighted by Gasteiger charge is -2.15. The summed E-state index contributed by atoms with van der Waals surface area (Å²) in [7, 11) is 0. The predicted octanol–water partition coefficient (Wildman–Crippen LogP) is 3.59. The Morgan fingerprint density at radius 3 is 2.70 bits per heavy atom. The first-order chi connectivity index (χ1) is 10.8. The third-order valence-electron chi connectivity index (χ3n) is 3.15. The van der Waals surface area contributed by atoms with Gasteiger partial charge in [-0.2, -0.15) is 0 Å². The highest BCUT2D eigenvalue weighted by molar-refractivity contribution is 8.02. The molecule has 0 spiro atoms. The van der Waals surface area contributed by atoms with Gasteiger partial charge >= 0.3 is 5.97 Å². The number of nitrogens with zero attached hydrogens (tertiary/aromatic N) is 1. The number of thiazole rings is 1. The zero-order chi connectivity index (χ0) is 17.0. The number of hydrogen-bond donors (Lipinski definition) is 2. The van der Waals surface area contributed by atoms with Crippen molar-refractivity contribution < 1.29 is 14.7 Å². The molecule has 7 heteroatoms. The van der Waals surface area contributed by atoms with Crippen LogP contribution in [0.1, 0.15) is 25.1 Å². The molecule has 1 aromatic carbocycles. The molecule has 0 aliphatic rings. The van der Waals surface area contributed by atoms with Crippen LogP contribution in [0.3, 0.4) is 0 Å². The molecule has 5 nitrogen and oxygen atoms in total. The fourth-order valence-electron chi connectivity index (χ4n) is 1.75. The number of carbonyl (C=O) groups excluding carboxylic acids is 1. The molecule has 122 valence electrons. The number of para-hydroxylation sites is 1. The maximum absolute atomic E-state index is 12.1. The van der Waals surface area contributed by atoms with Crippen LogP contribution in [0.4, 0.5) is 5.69 Å². The van der Waals surface area contributed by atoms with E-state index < -0.39 is 10.7 Å². The van der Waals surface area contributed by atoms with Gasteiger partial charge in [0.25, 0.3) is 0 Å². The Bertz CT molecular complexity index is 726. The van der Waals surface area contributed by atoms with Gasteiger partial charge in [-0.1, -0.05) is 30.0 Å². The number of anilines is 1.